The van der Waals surface area contributed by atoms with E-state index in [0.29, 0.717) is 37.9 Å². The minimum Gasteiger partial charge on any atom is -0.492 e. The highest BCUT2D eigenvalue weighted by atomic mass is 16.5. The number of hydrogen-bond acceptors (Lipinski definition) is 6. The first-order valence-corrected chi connectivity index (χ1v) is 14.0. The van der Waals surface area contributed by atoms with Crippen LogP contribution in [0.5, 0.6) is 11.5 Å². The average molecular weight is 492 g/mol. The molecule has 2 aromatic rings. The summed E-state index contributed by atoms with van der Waals surface area (Å²) in [5, 5.41) is 10.9. The molecule has 6 nitrogen and oxygen atoms in total. The second-order valence-electron chi connectivity index (χ2n) is 11.2. The molecule has 1 N–H and O–H groups in total. The van der Waals surface area contributed by atoms with E-state index in [1.165, 1.54) is 29.5 Å². The maximum Gasteiger partial charge on any atom is 0.127 e. The standard InChI is InChI=1S/C30H41N3O3/c1-2-33-25-8-9-26(33)16-29(15-25)36-28-10-7-24-19-32(13-14-35-30(24)17-28)21-27(34)20-31-12-11-22-5-3-4-6-23(22)18-31/h3-7,10,17,25-27,29,34H,2,8-9,11-16,18-21H2,1H3/t25?,26?,27-,29?/m1/s1. The molecule has 0 aliphatic carbocycles. The summed E-state index contributed by atoms with van der Waals surface area (Å²) >= 11 is 0. The van der Waals surface area contributed by atoms with E-state index in [2.05, 4.69) is 64.1 Å². The zero-order valence-electron chi connectivity index (χ0n) is 21.6. The Labute approximate surface area is 215 Å². The molecule has 2 unspecified atom stereocenters. The van der Waals surface area contributed by atoms with Crippen molar-refractivity contribution in [3.8, 4) is 11.5 Å². The van der Waals surface area contributed by atoms with E-state index in [1.807, 2.05) is 0 Å². The number of nitrogens with zero attached hydrogens (tertiary/aromatic N) is 3. The Kier molecular flexibility index (Phi) is 7.20. The summed E-state index contributed by atoms with van der Waals surface area (Å²) in [6, 6.07) is 16.4. The van der Waals surface area contributed by atoms with Crippen LogP contribution in [0.4, 0.5) is 0 Å². The molecule has 2 saturated heterocycles. The molecule has 4 aliphatic rings. The molecule has 4 aliphatic heterocycles. The predicted molar refractivity (Wildman–Crippen MR) is 141 cm³/mol. The van der Waals surface area contributed by atoms with Gasteiger partial charge < -0.3 is 14.6 Å². The fourth-order valence-electron chi connectivity index (χ4n) is 7.03. The highest BCUT2D eigenvalue weighted by Gasteiger charge is 2.40. The Bertz CT molecular complexity index is 1030. The first-order valence-electron chi connectivity index (χ1n) is 14.0. The molecule has 0 spiro atoms. The Hall–Kier alpha value is -2.12. The Morgan fingerprint density at radius 1 is 0.944 bits per heavy atom. The lowest BCUT2D eigenvalue weighted by Crippen LogP contribution is -2.46. The monoisotopic (exact) mass is 491 g/mol. The number of rotatable bonds is 7. The molecule has 0 radical (unpaired) electrons. The summed E-state index contributed by atoms with van der Waals surface area (Å²) in [4.78, 5) is 7.39. The lowest BCUT2D eigenvalue weighted by molar-refractivity contribution is 0.0529. The molecule has 2 aromatic carbocycles. The van der Waals surface area contributed by atoms with Crippen molar-refractivity contribution in [2.45, 2.75) is 76.4 Å². The minimum absolute atomic E-state index is 0.308. The van der Waals surface area contributed by atoms with E-state index in [1.54, 1.807) is 0 Å². The predicted octanol–water partition coefficient (Wildman–Crippen LogP) is 3.69. The number of aliphatic hydroxyl groups excluding tert-OH is 1. The van der Waals surface area contributed by atoms with Gasteiger partial charge in [-0.3, -0.25) is 14.7 Å². The van der Waals surface area contributed by atoms with Gasteiger partial charge >= 0.3 is 0 Å². The van der Waals surface area contributed by atoms with Crippen molar-refractivity contribution < 1.29 is 14.6 Å². The topological polar surface area (TPSA) is 48.4 Å². The van der Waals surface area contributed by atoms with Gasteiger partial charge in [-0.25, -0.2) is 0 Å². The van der Waals surface area contributed by atoms with E-state index < -0.39 is 0 Å². The normalized spacial score (nSPS) is 27.6. The zero-order valence-corrected chi connectivity index (χ0v) is 21.6. The summed E-state index contributed by atoms with van der Waals surface area (Å²) in [7, 11) is 0. The zero-order chi connectivity index (χ0) is 24.5. The molecule has 3 atom stereocenters. The van der Waals surface area contributed by atoms with Crippen LogP contribution in [0.25, 0.3) is 0 Å². The van der Waals surface area contributed by atoms with Crippen LogP contribution in [-0.2, 0) is 19.5 Å². The van der Waals surface area contributed by atoms with Gasteiger partial charge in [-0.15, -0.1) is 0 Å². The van der Waals surface area contributed by atoms with Crippen LogP contribution in [-0.4, -0.2) is 83.4 Å². The number of aliphatic hydroxyl groups is 1. The highest BCUT2D eigenvalue weighted by molar-refractivity contribution is 5.41. The van der Waals surface area contributed by atoms with Gasteiger partial charge in [0.15, 0.2) is 0 Å². The van der Waals surface area contributed by atoms with E-state index >= 15 is 0 Å². The number of benzene rings is 2. The van der Waals surface area contributed by atoms with Crippen molar-refractivity contribution in [3.05, 3.63) is 59.2 Å². The molecular formula is C30H41N3O3. The van der Waals surface area contributed by atoms with Crippen molar-refractivity contribution in [1.29, 1.82) is 0 Å². The van der Waals surface area contributed by atoms with Gasteiger partial charge in [-0.05, 0) is 55.8 Å². The SMILES string of the molecule is CCN1C2CCC1CC(Oc1ccc3c(c1)OCCN(C[C@H](O)CN1CCc4ccccc4C1)C3)C2. The van der Waals surface area contributed by atoms with E-state index in [0.717, 1.165) is 63.5 Å². The maximum absolute atomic E-state index is 10.9. The summed E-state index contributed by atoms with van der Waals surface area (Å²) in [6.45, 7) is 9.03. The summed E-state index contributed by atoms with van der Waals surface area (Å²) < 4.78 is 12.6. The molecule has 36 heavy (non-hydrogen) atoms. The van der Waals surface area contributed by atoms with Crippen LogP contribution in [0.3, 0.4) is 0 Å². The highest BCUT2D eigenvalue weighted by Crippen LogP contribution is 2.38. The van der Waals surface area contributed by atoms with Crippen molar-refractivity contribution in [3.63, 3.8) is 0 Å². The quantitative estimate of drug-likeness (QED) is 0.638. The van der Waals surface area contributed by atoms with Crippen LogP contribution in [0, 0.1) is 0 Å². The van der Waals surface area contributed by atoms with Gasteiger partial charge in [0.05, 0.1) is 6.10 Å². The van der Waals surface area contributed by atoms with E-state index in [-0.39, 0.29) is 6.10 Å². The van der Waals surface area contributed by atoms with Gasteiger partial charge in [-0.1, -0.05) is 37.3 Å². The molecule has 2 fully saturated rings. The van der Waals surface area contributed by atoms with E-state index in [9.17, 15) is 5.11 Å². The second-order valence-corrected chi connectivity index (χ2v) is 11.2. The van der Waals surface area contributed by atoms with Crippen LogP contribution in [0.15, 0.2) is 42.5 Å². The van der Waals surface area contributed by atoms with E-state index in [4.69, 9.17) is 9.47 Å². The third-order valence-electron chi connectivity index (χ3n) is 8.75. The smallest absolute Gasteiger partial charge is 0.127 e. The molecule has 194 valence electrons. The molecule has 0 saturated carbocycles. The Morgan fingerprint density at radius 2 is 1.67 bits per heavy atom. The van der Waals surface area contributed by atoms with Crippen molar-refractivity contribution >= 4 is 0 Å². The number of ether oxygens (including phenoxy) is 2. The molecule has 0 amide bonds. The third kappa shape index (κ3) is 5.28. The maximum atomic E-state index is 10.9. The molecular weight excluding hydrogens is 450 g/mol. The fourth-order valence-corrected chi connectivity index (χ4v) is 7.03. The van der Waals surface area contributed by atoms with Crippen molar-refractivity contribution in [2.75, 3.05) is 39.3 Å². The van der Waals surface area contributed by atoms with Crippen LogP contribution >= 0.6 is 0 Å². The third-order valence-corrected chi connectivity index (χ3v) is 8.75. The van der Waals surface area contributed by atoms with Gasteiger partial charge in [0, 0.05) is 63.0 Å². The van der Waals surface area contributed by atoms with Gasteiger partial charge in [0.2, 0.25) is 0 Å². The molecule has 0 aromatic heterocycles. The molecule has 6 rings (SSSR count). The molecule has 4 heterocycles. The lowest BCUT2D eigenvalue weighted by Gasteiger charge is -2.38. The van der Waals surface area contributed by atoms with Crippen molar-refractivity contribution in [2.24, 2.45) is 0 Å². The average Bonchev–Trinajstić information content (AvgIpc) is 3.02. The summed E-state index contributed by atoms with van der Waals surface area (Å²) in [5.74, 6) is 1.87. The van der Waals surface area contributed by atoms with Crippen LogP contribution in [0.2, 0.25) is 0 Å². The molecule has 2 bridgehead atoms. The Morgan fingerprint density at radius 3 is 2.44 bits per heavy atom. The molecule has 6 heteroatoms. The largest absolute Gasteiger partial charge is 0.492 e. The first-order chi connectivity index (χ1) is 17.6. The number of β-amino-alcohol motifs (C(OH)–C–C–N with tert-alkyl or cyclic N) is 1. The van der Waals surface area contributed by atoms with Gasteiger partial charge in [0.1, 0.15) is 24.2 Å². The minimum atomic E-state index is -0.372. The number of hydrogen-bond donors (Lipinski definition) is 1. The lowest BCUT2D eigenvalue weighted by atomic mass is 9.99. The summed E-state index contributed by atoms with van der Waals surface area (Å²) in [5.41, 5.74) is 4.03. The Balaban J connectivity index is 1.03. The number of piperidine rings is 1. The van der Waals surface area contributed by atoms with Crippen molar-refractivity contribution in [1.82, 2.24) is 14.7 Å². The van der Waals surface area contributed by atoms with Crippen LogP contribution < -0.4 is 9.47 Å². The fraction of sp³-hybridized carbons (Fsp3) is 0.600. The number of fused-ring (bicyclic) bond motifs is 4. The van der Waals surface area contributed by atoms with Gasteiger partial charge in [0.25, 0.3) is 0 Å². The van der Waals surface area contributed by atoms with Crippen LogP contribution in [0.1, 0.15) is 49.3 Å². The second kappa shape index (κ2) is 10.7. The van der Waals surface area contributed by atoms with Gasteiger partial charge in [-0.2, -0.15) is 0 Å². The summed E-state index contributed by atoms with van der Waals surface area (Å²) in [6.07, 6.45) is 5.91. The first kappa shape index (κ1) is 24.2.